The maximum absolute atomic E-state index is 13.3. The summed E-state index contributed by atoms with van der Waals surface area (Å²) < 4.78 is 13.3. The molecule has 2 rings (SSSR count). The van der Waals surface area contributed by atoms with E-state index < -0.39 is 0 Å². The molecule has 0 unspecified atom stereocenters. The molecular weight excluding hydrogens is 237 g/mol. The Morgan fingerprint density at radius 2 is 1.47 bits per heavy atom. The second-order valence-corrected chi connectivity index (χ2v) is 3.68. The third-order valence-corrected chi connectivity index (χ3v) is 2.45. The molecule has 0 aliphatic carbocycles. The summed E-state index contributed by atoms with van der Waals surface area (Å²) in [4.78, 5) is 0. The first-order valence-corrected chi connectivity index (χ1v) is 5.34. The van der Waals surface area contributed by atoms with Crippen LogP contribution in [0.25, 0.3) is 0 Å². The van der Waals surface area contributed by atoms with Gasteiger partial charge in [-0.1, -0.05) is 48.5 Å². The quantitative estimate of drug-likeness (QED) is 0.877. The van der Waals surface area contributed by atoms with E-state index in [1.54, 1.807) is 12.1 Å². The first kappa shape index (κ1) is 13.7. The maximum atomic E-state index is 13.3. The molecule has 0 aliphatic heterocycles. The lowest BCUT2D eigenvalue weighted by molar-refractivity contribution is 0.588. The van der Waals surface area contributed by atoms with Crippen LogP contribution in [0.15, 0.2) is 54.6 Å². The fourth-order valence-electron chi connectivity index (χ4n) is 1.58. The van der Waals surface area contributed by atoms with Crippen molar-refractivity contribution in [3.05, 3.63) is 71.5 Å². The maximum Gasteiger partial charge on any atom is 0.127 e. The fourth-order valence-corrected chi connectivity index (χ4v) is 1.58. The molecule has 0 atom stereocenters. The number of nitrogens with one attached hydrogen (secondary N) is 1. The van der Waals surface area contributed by atoms with E-state index in [1.807, 2.05) is 36.4 Å². The standard InChI is InChI=1S/C14H14FN.ClH/c15-14-9-5-4-8-13(14)11-16-10-12-6-2-1-3-7-12;/h1-9,16H,10-11H2;1H. The average molecular weight is 252 g/mol. The summed E-state index contributed by atoms with van der Waals surface area (Å²) in [6.07, 6.45) is 0. The molecule has 0 bridgehead atoms. The molecule has 3 heteroatoms. The predicted octanol–water partition coefficient (Wildman–Crippen LogP) is 3.54. The highest BCUT2D eigenvalue weighted by molar-refractivity contribution is 5.85. The van der Waals surface area contributed by atoms with Gasteiger partial charge in [-0.25, -0.2) is 4.39 Å². The molecule has 0 radical (unpaired) electrons. The molecule has 1 N–H and O–H groups in total. The molecule has 1 nitrogen and oxygen atoms in total. The number of hydrogen-bond acceptors (Lipinski definition) is 1. The van der Waals surface area contributed by atoms with Gasteiger partial charge in [0.05, 0.1) is 0 Å². The highest BCUT2D eigenvalue weighted by Crippen LogP contribution is 2.06. The Morgan fingerprint density at radius 1 is 0.824 bits per heavy atom. The molecule has 90 valence electrons. The summed E-state index contributed by atoms with van der Waals surface area (Å²) in [6.45, 7) is 1.32. The Kier molecular flexibility index (Phi) is 5.67. The topological polar surface area (TPSA) is 12.0 Å². The summed E-state index contributed by atoms with van der Waals surface area (Å²) >= 11 is 0. The summed E-state index contributed by atoms with van der Waals surface area (Å²) in [5.41, 5.74) is 1.91. The van der Waals surface area contributed by atoms with Gasteiger partial charge in [0, 0.05) is 18.7 Å². The van der Waals surface area contributed by atoms with E-state index in [-0.39, 0.29) is 18.2 Å². The minimum Gasteiger partial charge on any atom is -0.309 e. The van der Waals surface area contributed by atoms with Crippen molar-refractivity contribution in [1.29, 1.82) is 0 Å². The molecule has 0 saturated heterocycles. The van der Waals surface area contributed by atoms with Crippen LogP contribution in [0, 0.1) is 5.82 Å². The SMILES string of the molecule is Cl.Fc1ccccc1CNCc1ccccc1. The highest BCUT2D eigenvalue weighted by atomic mass is 35.5. The van der Waals surface area contributed by atoms with Gasteiger partial charge in [-0.2, -0.15) is 0 Å². The lowest BCUT2D eigenvalue weighted by Gasteiger charge is -2.05. The number of halogens is 2. The van der Waals surface area contributed by atoms with E-state index in [0.29, 0.717) is 12.1 Å². The molecule has 0 aliphatic rings. The first-order valence-electron chi connectivity index (χ1n) is 5.34. The van der Waals surface area contributed by atoms with Crippen molar-refractivity contribution in [1.82, 2.24) is 5.32 Å². The van der Waals surface area contributed by atoms with Crippen molar-refractivity contribution in [2.45, 2.75) is 13.1 Å². The largest absolute Gasteiger partial charge is 0.309 e. The van der Waals surface area contributed by atoms with Gasteiger partial charge < -0.3 is 5.32 Å². The lowest BCUT2D eigenvalue weighted by atomic mass is 10.2. The van der Waals surface area contributed by atoms with Gasteiger partial charge in [0.25, 0.3) is 0 Å². The Bertz CT molecular complexity index is 445. The van der Waals surface area contributed by atoms with Crippen molar-refractivity contribution >= 4 is 12.4 Å². The smallest absolute Gasteiger partial charge is 0.127 e. The van der Waals surface area contributed by atoms with Crippen molar-refractivity contribution in [3.63, 3.8) is 0 Å². The van der Waals surface area contributed by atoms with Gasteiger partial charge in [-0.05, 0) is 11.6 Å². The van der Waals surface area contributed by atoms with E-state index >= 15 is 0 Å². The Hall–Kier alpha value is -1.38. The van der Waals surface area contributed by atoms with E-state index in [9.17, 15) is 4.39 Å². The second kappa shape index (κ2) is 7.05. The molecule has 2 aromatic rings. The van der Waals surface area contributed by atoms with Crippen molar-refractivity contribution in [2.75, 3.05) is 0 Å². The molecule has 0 spiro atoms. The third kappa shape index (κ3) is 4.17. The molecule has 2 aromatic carbocycles. The number of rotatable bonds is 4. The minimum absolute atomic E-state index is 0. The van der Waals surface area contributed by atoms with Gasteiger partial charge in [-0.3, -0.25) is 0 Å². The van der Waals surface area contributed by atoms with Crippen LogP contribution >= 0.6 is 12.4 Å². The van der Waals surface area contributed by atoms with Crippen LogP contribution in [0.1, 0.15) is 11.1 Å². The van der Waals surface area contributed by atoms with Gasteiger partial charge >= 0.3 is 0 Å². The van der Waals surface area contributed by atoms with Crippen LogP contribution < -0.4 is 5.32 Å². The first-order chi connectivity index (χ1) is 7.86. The van der Waals surface area contributed by atoms with Crippen LogP contribution in [0.5, 0.6) is 0 Å². The van der Waals surface area contributed by atoms with Crippen LogP contribution in [-0.2, 0) is 13.1 Å². The fraction of sp³-hybridized carbons (Fsp3) is 0.143. The van der Waals surface area contributed by atoms with Crippen LogP contribution in [0.2, 0.25) is 0 Å². The summed E-state index contributed by atoms with van der Waals surface area (Å²) in [5, 5.41) is 3.22. The van der Waals surface area contributed by atoms with Crippen LogP contribution in [-0.4, -0.2) is 0 Å². The monoisotopic (exact) mass is 251 g/mol. The Morgan fingerprint density at radius 3 is 2.18 bits per heavy atom. The van der Waals surface area contributed by atoms with E-state index in [2.05, 4.69) is 5.32 Å². The Labute approximate surface area is 107 Å². The van der Waals surface area contributed by atoms with Crippen LogP contribution in [0.3, 0.4) is 0 Å². The van der Waals surface area contributed by atoms with Crippen LogP contribution in [0.4, 0.5) is 4.39 Å². The summed E-state index contributed by atoms with van der Waals surface area (Å²) in [5.74, 6) is -0.150. The van der Waals surface area contributed by atoms with E-state index in [4.69, 9.17) is 0 Å². The zero-order valence-corrected chi connectivity index (χ0v) is 10.2. The molecule has 0 aromatic heterocycles. The van der Waals surface area contributed by atoms with Gasteiger partial charge in [0.15, 0.2) is 0 Å². The minimum atomic E-state index is -0.150. The van der Waals surface area contributed by atoms with Gasteiger partial charge in [0.1, 0.15) is 5.82 Å². The second-order valence-electron chi connectivity index (χ2n) is 3.68. The van der Waals surface area contributed by atoms with Crippen molar-refractivity contribution in [3.8, 4) is 0 Å². The summed E-state index contributed by atoms with van der Waals surface area (Å²) in [7, 11) is 0. The molecule has 0 saturated carbocycles. The van der Waals surface area contributed by atoms with Crippen molar-refractivity contribution < 1.29 is 4.39 Å². The molecule has 17 heavy (non-hydrogen) atoms. The molecular formula is C14H15ClFN. The number of benzene rings is 2. The Balaban J connectivity index is 0.00000144. The van der Waals surface area contributed by atoms with Gasteiger partial charge in [-0.15, -0.1) is 12.4 Å². The van der Waals surface area contributed by atoms with Gasteiger partial charge in [0.2, 0.25) is 0 Å². The molecule has 0 amide bonds. The zero-order chi connectivity index (χ0) is 11.2. The van der Waals surface area contributed by atoms with E-state index in [1.165, 1.54) is 11.6 Å². The summed E-state index contributed by atoms with van der Waals surface area (Å²) in [6, 6.07) is 16.9. The lowest BCUT2D eigenvalue weighted by Crippen LogP contribution is -2.13. The van der Waals surface area contributed by atoms with E-state index in [0.717, 1.165) is 6.54 Å². The normalized spacial score (nSPS) is 9.71. The zero-order valence-electron chi connectivity index (χ0n) is 9.40. The molecule has 0 fully saturated rings. The highest BCUT2D eigenvalue weighted by Gasteiger charge is 1.99. The molecule has 0 heterocycles. The average Bonchev–Trinajstić information content (AvgIpc) is 2.33. The number of hydrogen-bond donors (Lipinski definition) is 1. The van der Waals surface area contributed by atoms with Crippen molar-refractivity contribution in [2.24, 2.45) is 0 Å². The third-order valence-electron chi connectivity index (χ3n) is 2.45. The predicted molar refractivity (Wildman–Crippen MR) is 70.6 cm³/mol.